The largest absolute Gasteiger partial charge is 0.494 e. The van der Waals surface area contributed by atoms with Crippen LogP contribution in [0.15, 0.2) is 23.3 Å². The van der Waals surface area contributed by atoms with Crippen molar-refractivity contribution < 1.29 is 19.6 Å². The summed E-state index contributed by atoms with van der Waals surface area (Å²) >= 11 is 0. The van der Waals surface area contributed by atoms with Gasteiger partial charge in [0.15, 0.2) is 0 Å². The second kappa shape index (κ2) is 10.0. The summed E-state index contributed by atoms with van der Waals surface area (Å²) in [5, 5.41) is 23.1. The molecule has 0 amide bonds. The fraction of sp³-hybridized carbons (Fsp3) is 0.500. The van der Waals surface area contributed by atoms with Gasteiger partial charge in [0, 0.05) is 23.1 Å². The standard InChI is InChI=1S/C14H18N4O5/c15-17-16-7-3-1-2-4-8-23-12-5-6-13(18(21)22)11(9-12)10-14(19)20/h5-6,9H,1-4,7-8,10H2,(H,19,20). The van der Waals surface area contributed by atoms with Crippen LogP contribution >= 0.6 is 0 Å². The average molecular weight is 322 g/mol. The third kappa shape index (κ3) is 7.14. The van der Waals surface area contributed by atoms with Crippen LogP contribution in [0.4, 0.5) is 5.69 Å². The van der Waals surface area contributed by atoms with Gasteiger partial charge in [-0.05, 0) is 30.5 Å². The summed E-state index contributed by atoms with van der Waals surface area (Å²) in [5.41, 5.74) is 8.02. The summed E-state index contributed by atoms with van der Waals surface area (Å²) in [4.78, 5) is 23.7. The number of carboxylic acid groups (broad SMARTS) is 1. The SMILES string of the molecule is [N-]=[N+]=NCCCCCCOc1ccc([N+](=O)[O-])c(CC(=O)O)c1. The van der Waals surface area contributed by atoms with Crippen molar-refractivity contribution in [1.29, 1.82) is 0 Å². The van der Waals surface area contributed by atoms with E-state index in [2.05, 4.69) is 10.0 Å². The highest BCUT2D eigenvalue weighted by Gasteiger charge is 2.17. The minimum absolute atomic E-state index is 0.120. The first-order valence-electron chi connectivity index (χ1n) is 7.17. The van der Waals surface area contributed by atoms with Crippen LogP contribution in [0.3, 0.4) is 0 Å². The molecular formula is C14H18N4O5. The molecule has 0 aliphatic carbocycles. The molecular weight excluding hydrogens is 304 g/mol. The minimum Gasteiger partial charge on any atom is -0.494 e. The van der Waals surface area contributed by atoms with Gasteiger partial charge in [0.2, 0.25) is 0 Å². The van der Waals surface area contributed by atoms with Gasteiger partial charge >= 0.3 is 5.97 Å². The molecule has 1 rings (SSSR count). The maximum atomic E-state index is 10.9. The highest BCUT2D eigenvalue weighted by Crippen LogP contribution is 2.24. The molecule has 9 heteroatoms. The molecule has 1 N–H and O–H groups in total. The van der Waals surface area contributed by atoms with Crippen LogP contribution in [0.2, 0.25) is 0 Å². The van der Waals surface area contributed by atoms with E-state index in [1.165, 1.54) is 18.2 Å². The first-order valence-corrected chi connectivity index (χ1v) is 7.17. The van der Waals surface area contributed by atoms with Gasteiger partial charge in [0.25, 0.3) is 5.69 Å². The van der Waals surface area contributed by atoms with E-state index < -0.39 is 17.3 Å². The number of carboxylic acids is 1. The molecule has 0 saturated carbocycles. The Kier molecular flexibility index (Phi) is 7.95. The molecule has 9 nitrogen and oxygen atoms in total. The third-order valence-electron chi connectivity index (χ3n) is 3.07. The molecule has 0 aromatic heterocycles. The molecule has 0 unspecified atom stereocenters. The van der Waals surface area contributed by atoms with E-state index in [4.69, 9.17) is 15.4 Å². The molecule has 0 bridgehead atoms. The molecule has 0 atom stereocenters. The molecule has 0 aliphatic rings. The lowest BCUT2D eigenvalue weighted by Crippen LogP contribution is -2.05. The van der Waals surface area contributed by atoms with E-state index in [0.29, 0.717) is 18.9 Å². The van der Waals surface area contributed by atoms with E-state index in [1.807, 2.05) is 0 Å². The van der Waals surface area contributed by atoms with Crippen LogP contribution < -0.4 is 4.74 Å². The van der Waals surface area contributed by atoms with Crippen LogP contribution in [-0.2, 0) is 11.2 Å². The number of hydrogen-bond donors (Lipinski definition) is 1. The Bertz CT molecular complexity index is 599. The zero-order chi connectivity index (χ0) is 17.1. The number of nitro groups is 1. The van der Waals surface area contributed by atoms with Crippen molar-refractivity contribution in [1.82, 2.24) is 0 Å². The van der Waals surface area contributed by atoms with Gasteiger partial charge in [-0.15, -0.1) is 0 Å². The van der Waals surface area contributed by atoms with Crippen molar-refractivity contribution in [2.75, 3.05) is 13.2 Å². The van der Waals surface area contributed by atoms with Crippen LogP contribution in [0, 0.1) is 10.1 Å². The number of unbranched alkanes of at least 4 members (excludes halogenated alkanes) is 3. The maximum Gasteiger partial charge on any atom is 0.308 e. The van der Waals surface area contributed by atoms with Crippen LogP contribution in [-0.4, -0.2) is 29.2 Å². The molecule has 124 valence electrons. The fourth-order valence-corrected chi connectivity index (χ4v) is 2.01. The van der Waals surface area contributed by atoms with Gasteiger partial charge in [-0.3, -0.25) is 14.9 Å². The number of rotatable bonds is 11. The number of azide groups is 1. The van der Waals surface area contributed by atoms with E-state index in [1.54, 1.807) is 0 Å². The normalized spacial score (nSPS) is 9.91. The Hall–Kier alpha value is -2.80. The molecule has 1 aromatic rings. The molecule has 0 heterocycles. The van der Waals surface area contributed by atoms with Crippen LogP contribution in [0.1, 0.15) is 31.2 Å². The minimum atomic E-state index is -1.13. The molecule has 0 aliphatic heterocycles. The smallest absolute Gasteiger partial charge is 0.308 e. The summed E-state index contributed by atoms with van der Waals surface area (Å²) in [7, 11) is 0. The molecule has 0 spiro atoms. The van der Waals surface area contributed by atoms with Gasteiger partial charge < -0.3 is 9.84 Å². The zero-order valence-electron chi connectivity index (χ0n) is 12.6. The molecule has 0 saturated heterocycles. The number of ether oxygens (including phenoxy) is 1. The topological polar surface area (TPSA) is 138 Å². The highest BCUT2D eigenvalue weighted by molar-refractivity contribution is 5.72. The van der Waals surface area contributed by atoms with Crippen molar-refractivity contribution in [3.8, 4) is 5.75 Å². The number of hydrogen-bond acceptors (Lipinski definition) is 5. The number of carbonyl (C=O) groups is 1. The van der Waals surface area contributed by atoms with E-state index in [0.717, 1.165) is 25.7 Å². The number of nitrogens with zero attached hydrogens (tertiary/aromatic N) is 4. The van der Waals surface area contributed by atoms with Gasteiger partial charge in [0.1, 0.15) is 5.75 Å². The molecule has 1 aromatic carbocycles. The predicted octanol–water partition coefficient (Wildman–Crippen LogP) is 3.47. The number of aliphatic carboxylic acids is 1. The van der Waals surface area contributed by atoms with Crippen molar-refractivity contribution in [2.45, 2.75) is 32.1 Å². The zero-order valence-corrected chi connectivity index (χ0v) is 12.6. The lowest BCUT2D eigenvalue weighted by Gasteiger charge is -2.08. The lowest BCUT2D eigenvalue weighted by molar-refractivity contribution is -0.385. The summed E-state index contributed by atoms with van der Waals surface area (Å²) < 4.78 is 5.49. The Balaban J connectivity index is 2.46. The Morgan fingerprint density at radius 1 is 1.35 bits per heavy atom. The van der Waals surface area contributed by atoms with E-state index in [-0.39, 0.29) is 11.3 Å². The fourth-order valence-electron chi connectivity index (χ4n) is 2.01. The monoisotopic (exact) mass is 322 g/mol. The Labute approximate surface area is 132 Å². The first-order chi connectivity index (χ1) is 11.0. The van der Waals surface area contributed by atoms with Crippen molar-refractivity contribution >= 4 is 11.7 Å². The summed E-state index contributed by atoms with van der Waals surface area (Å²) in [6.45, 7) is 0.921. The Morgan fingerprint density at radius 3 is 2.74 bits per heavy atom. The lowest BCUT2D eigenvalue weighted by atomic mass is 10.1. The second-order valence-corrected chi connectivity index (χ2v) is 4.84. The Morgan fingerprint density at radius 2 is 2.09 bits per heavy atom. The average Bonchev–Trinajstić information content (AvgIpc) is 2.49. The van der Waals surface area contributed by atoms with E-state index in [9.17, 15) is 14.9 Å². The molecule has 23 heavy (non-hydrogen) atoms. The highest BCUT2D eigenvalue weighted by atomic mass is 16.6. The summed E-state index contributed by atoms with van der Waals surface area (Å²) in [6, 6.07) is 4.12. The van der Waals surface area contributed by atoms with Crippen LogP contribution in [0.5, 0.6) is 5.75 Å². The first kappa shape index (κ1) is 18.2. The number of nitro benzene ring substituents is 1. The quantitative estimate of drug-likeness (QED) is 0.166. The van der Waals surface area contributed by atoms with Crippen molar-refractivity contribution in [3.05, 3.63) is 44.3 Å². The van der Waals surface area contributed by atoms with Gasteiger partial charge in [-0.2, -0.15) is 0 Å². The van der Waals surface area contributed by atoms with E-state index >= 15 is 0 Å². The van der Waals surface area contributed by atoms with Gasteiger partial charge in [-0.25, -0.2) is 0 Å². The second-order valence-electron chi connectivity index (χ2n) is 4.84. The van der Waals surface area contributed by atoms with Crippen LogP contribution in [0.25, 0.3) is 10.4 Å². The molecule has 0 radical (unpaired) electrons. The maximum absolute atomic E-state index is 10.9. The predicted molar refractivity (Wildman–Crippen MR) is 82.4 cm³/mol. The molecule has 0 fully saturated rings. The number of benzene rings is 1. The van der Waals surface area contributed by atoms with Gasteiger partial charge in [-0.1, -0.05) is 18.0 Å². The third-order valence-corrected chi connectivity index (χ3v) is 3.07. The van der Waals surface area contributed by atoms with Crippen molar-refractivity contribution in [3.63, 3.8) is 0 Å². The van der Waals surface area contributed by atoms with Gasteiger partial charge in [0.05, 0.1) is 18.0 Å². The summed E-state index contributed by atoms with van der Waals surface area (Å²) in [6.07, 6.45) is 3.03. The van der Waals surface area contributed by atoms with Crippen molar-refractivity contribution in [2.24, 2.45) is 5.11 Å². The summed E-state index contributed by atoms with van der Waals surface area (Å²) in [5.74, 6) is -0.716.